The molecule has 0 aliphatic heterocycles. The Morgan fingerprint density at radius 3 is 2.00 bits per heavy atom. The van der Waals surface area contributed by atoms with Gasteiger partial charge in [-0.2, -0.15) is 0 Å². The lowest BCUT2D eigenvalue weighted by atomic mass is 10.0. The molecule has 0 N–H and O–H groups in total. The molecule has 0 spiro atoms. The Hall–Kier alpha value is -7.10. The molecule has 0 saturated carbocycles. The van der Waals surface area contributed by atoms with Crippen molar-refractivity contribution in [2.24, 2.45) is 0 Å². The molecule has 11 aromatic rings. The minimum absolute atomic E-state index is 0.0111. The van der Waals surface area contributed by atoms with Crippen molar-refractivity contribution in [2.75, 3.05) is 4.90 Å². The van der Waals surface area contributed by atoms with Crippen molar-refractivity contribution in [1.29, 1.82) is 0 Å². The maximum atomic E-state index is 9.47. The zero-order valence-corrected chi connectivity index (χ0v) is 28.2. The maximum Gasteiger partial charge on any atom is 0.143 e. The molecular weight excluding hydrogens is 645 g/mol. The number of hydrogen-bond donors (Lipinski definition) is 0. The number of nitrogens with zero attached hydrogens (tertiary/aromatic N) is 2. The lowest BCUT2D eigenvalue weighted by Gasteiger charge is -2.28. The molecule has 0 unspecified atom stereocenters. The lowest BCUT2D eigenvalue weighted by Crippen LogP contribution is -2.11. The highest BCUT2D eigenvalue weighted by Gasteiger charge is 2.22. The molecule has 0 amide bonds. The summed E-state index contributed by atoms with van der Waals surface area (Å²) in [6.07, 6.45) is 0. The third-order valence-electron chi connectivity index (χ3n) is 10.3. The van der Waals surface area contributed by atoms with Crippen LogP contribution in [0.1, 0.15) is 9.60 Å². The number of anilines is 3. The summed E-state index contributed by atoms with van der Waals surface area (Å²) in [5.41, 5.74) is 7.60. The summed E-state index contributed by atoms with van der Waals surface area (Å²) < 4.78 is 71.5. The van der Waals surface area contributed by atoms with Crippen molar-refractivity contribution in [3.63, 3.8) is 0 Å². The molecule has 2 aromatic heterocycles. The number of hydrogen-bond acceptors (Lipinski definition) is 2. The summed E-state index contributed by atoms with van der Waals surface area (Å²) in [6.45, 7) is 0. The number of para-hydroxylation sites is 3. The quantitative estimate of drug-likeness (QED) is 0.180. The van der Waals surface area contributed by atoms with E-state index >= 15 is 0 Å². The number of benzene rings is 9. The minimum atomic E-state index is -0.503. The van der Waals surface area contributed by atoms with Gasteiger partial charge in [-0.05, 0) is 70.9 Å². The molecule has 9 aromatic carbocycles. The molecule has 0 radical (unpaired) electrons. The molecule has 2 heterocycles. The average Bonchev–Trinajstić information content (AvgIpc) is 3.84. The van der Waals surface area contributed by atoms with E-state index in [1.54, 1.807) is 4.90 Å². The summed E-state index contributed by atoms with van der Waals surface area (Å²) in [4.78, 5) is 1.79. The molecule has 3 nitrogen and oxygen atoms in total. The molecule has 0 atom stereocenters. The van der Waals surface area contributed by atoms with Crippen molar-refractivity contribution in [3.8, 4) is 16.8 Å². The van der Waals surface area contributed by atoms with E-state index in [2.05, 4.69) is 65.2 Å². The molecule has 0 bridgehead atoms. The molecule has 11 rings (SSSR count). The number of aromatic nitrogens is 1. The first-order valence-electron chi connectivity index (χ1n) is 21.0. The minimum Gasteiger partial charge on any atom is -0.455 e. The van der Waals surface area contributed by atoms with Crippen LogP contribution in [0.4, 0.5) is 17.1 Å². The second kappa shape index (κ2) is 11.7. The van der Waals surface area contributed by atoms with E-state index in [0.717, 1.165) is 60.2 Å². The van der Waals surface area contributed by atoms with Crippen molar-refractivity contribution >= 4 is 82.4 Å². The van der Waals surface area contributed by atoms with Gasteiger partial charge in [-0.1, -0.05) is 139 Å². The van der Waals surface area contributed by atoms with Gasteiger partial charge in [-0.25, -0.2) is 0 Å². The van der Waals surface area contributed by atoms with Crippen LogP contribution in [0.15, 0.2) is 198 Å². The van der Waals surface area contributed by atoms with Gasteiger partial charge < -0.3 is 13.9 Å². The van der Waals surface area contributed by atoms with Crippen molar-refractivity contribution < 1.29 is 14.0 Å². The van der Waals surface area contributed by atoms with Gasteiger partial charge >= 0.3 is 0 Å². The molecule has 0 aliphatic rings. The largest absolute Gasteiger partial charge is 0.455 e. The predicted octanol–water partition coefficient (Wildman–Crippen LogP) is 14.1. The van der Waals surface area contributed by atoms with Gasteiger partial charge in [0.25, 0.3) is 0 Å². The number of furan rings is 1. The fourth-order valence-corrected chi connectivity index (χ4v) is 7.96. The van der Waals surface area contributed by atoms with Crippen LogP contribution in [-0.4, -0.2) is 4.57 Å². The van der Waals surface area contributed by atoms with Gasteiger partial charge in [-0.3, -0.25) is 0 Å². The van der Waals surface area contributed by atoms with Crippen LogP contribution in [0, 0.1) is 0 Å². The van der Waals surface area contributed by atoms with Crippen molar-refractivity contribution in [1.82, 2.24) is 4.57 Å². The number of rotatable bonds is 5. The second-order valence-electron chi connectivity index (χ2n) is 13.2. The van der Waals surface area contributed by atoms with Gasteiger partial charge in [0.05, 0.1) is 43.1 Å². The lowest BCUT2D eigenvalue weighted by molar-refractivity contribution is 0.672. The topological polar surface area (TPSA) is 21.3 Å². The third kappa shape index (κ3) is 4.54. The van der Waals surface area contributed by atoms with Gasteiger partial charge in [0, 0.05) is 38.2 Å². The van der Waals surface area contributed by atoms with Gasteiger partial charge in [0.1, 0.15) is 11.2 Å². The van der Waals surface area contributed by atoms with Crippen LogP contribution in [-0.2, 0) is 0 Å². The van der Waals surface area contributed by atoms with Gasteiger partial charge in [0.15, 0.2) is 0 Å². The Balaban J connectivity index is 1.19. The molecular formula is C50H32N2O. The van der Waals surface area contributed by atoms with Crippen molar-refractivity contribution in [2.45, 2.75) is 0 Å². The highest BCUT2D eigenvalue weighted by Crippen LogP contribution is 2.46. The van der Waals surface area contributed by atoms with Crippen LogP contribution in [0.2, 0.25) is 0 Å². The second-order valence-corrected chi connectivity index (χ2v) is 13.2. The first-order chi connectivity index (χ1) is 29.2. The van der Waals surface area contributed by atoms with Gasteiger partial charge in [-0.15, -0.1) is 0 Å². The van der Waals surface area contributed by atoms with E-state index in [1.165, 1.54) is 0 Å². The smallest absolute Gasteiger partial charge is 0.143 e. The molecule has 3 heteroatoms. The highest BCUT2D eigenvalue weighted by atomic mass is 16.3. The third-order valence-corrected chi connectivity index (χ3v) is 10.3. The number of fused-ring (bicyclic) bond motifs is 9. The Labute approximate surface area is 316 Å². The summed E-state index contributed by atoms with van der Waals surface area (Å²) >= 11 is 0. The summed E-state index contributed by atoms with van der Waals surface area (Å²) in [6, 6.07) is 47.6. The Morgan fingerprint density at radius 1 is 0.472 bits per heavy atom. The zero-order chi connectivity index (χ0) is 41.0. The Kier molecular flexibility index (Phi) is 5.18. The summed E-state index contributed by atoms with van der Waals surface area (Å²) in [5.74, 6) is 0. The molecule has 53 heavy (non-hydrogen) atoms. The van der Waals surface area contributed by atoms with Crippen LogP contribution < -0.4 is 4.90 Å². The van der Waals surface area contributed by atoms with E-state index in [9.17, 15) is 2.74 Å². The fourth-order valence-electron chi connectivity index (χ4n) is 7.96. The van der Waals surface area contributed by atoms with E-state index in [0.29, 0.717) is 22.5 Å². The van der Waals surface area contributed by atoms with E-state index in [-0.39, 0.29) is 28.5 Å². The summed E-state index contributed by atoms with van der Waals surface area (Å²) in [7, 11) is 0. The van der Waals surface area contributed by atoms with Crippen molar-refractivity contribution in [3.05, 3.63) is 194 Å². The molecule has 0 fully saturated rings. The Morgan fingerprint density at radius 2 is 1.17 bits per heavy atom. The average molecular weight is 684 g/mol. The highest BCUT2D eigenvalue weighted by molar-refractivity contribution is 6.20. The van der Waals surface area contributed by atoms with Gasteiger partial charge in [0.2, 0.25) is 0 Å². The Bertz CT molecular complexity index is 3530. The van der Waals surface area contributed by atoms with E-state index in [4.69, 9.17) is 11.3 Å². The van der Waals surface area contributed by atoms with Crippen LogP contribution in [0.3, 0.4) is 0 Å². The van der Waals surface area contributed by atoms with Crippen LogP contribution >= 0.6 is 0 Å². The van der Waals surface area contributed by atoms with Crippen LogP contribution in [0.25, 0.3) is 82.1 Å². The molecule has 0 aliphatic carbocycles. The fraction of sp³-hybridized carbons (Fsp3) is 0. The molecule has 0 saturated heterocycles. The van der Waals surface area contributed by atoms with E-state index in [1.807, 2.05) is 91.0 Å². The normalized spacial score (nSPS) is 13.6. The first-order valence-corrected chi connectivity index (χ1v) is 17.5. The molecule has 248 valence electrons. The maximum absolute atomic E-state index is 9.47. The zero-order valence-electron chi connectivity index (χ0n) is 35.2. The monoisotopic (exact) mass is 683 g/mol. The van der Waals surface area contributed by atoms with Crippen LogP contribution in [0.5, 0.6) is 0 Å². The van der Waals surface area contributed by atoms with E-state index < -0.39 is 30.2 Å². The standard InChI is InChI=1S/C50H32N2O/c1-3-16-37-33(13-1)15-11-24-43(37)51(47-25-12-26-48-49(47)42-32-29-34-14-2-4-18-39(34)50(42)53-48)36-30-27-35(28-31-36)38-17-5-8-21-44(38)52-45-22-9-6-19-40(45)41-20-7-10-23-46(41)52/h1-32H/i1D,3D,11D,13D,15D,16D,24D. The summed E-state index contributed by atoms with van der Waals surface area (Å²) in [5, 5.41) is 5.69. The first kappa shape index (κ1) is 23.4. The SMILES string of the molecule is [2H]c1c([2H])c([2H])c2c(N(c3ccc(-c4ccccc4-n4c5ccccc5c5ccccc54)cc3)c3cccc4oc5c6ccccc6ccc5c34)c([2H])c([2H])c([2H])c2c1[2H]. The predicted molar refractivity (Wildman–Crippen MR) is 223 cm³/mol.